The number of aryl methyl sites for hydroxylation is 1. The maximum atomic E-state index is 12.3. The number of para-hydroxylation sites is 1. The first-order chi connectivity index (χ1) is 9.74. The van der Waals surface area contributed by atoms with Crippen LogP contribution in [-0.4, -0.2) is 30.7 Å². The third kappa shape index (κ3) is 2.86. The Labute approximate surface area is 119 Å². The first-order valence-electron chi connectivity index (χ1n) is 7.50. The van der Waals surface area contributed by atoms with Crippen molar-refractivity contribution in [1.29, 1.82) is 0 Å². The monoisotopic (exact) mass is 274 g/mol. The van der Waals surface area contributed by atoms with Gasteiger partial charge in [0.1, 0.15) is 0 Å². The molecule has 1 saturated heterocycles. The van der Waals surface area contributed by atoms with Crippen molar-refractivity contribution in [3.63, 3.8) is 0 Å². The molecule has 1 fully saturated rings. The fourth-order valence-corrected chi connectivity index (χ4v) is 3.09. The number of hydrogen-bond donors (Lipinski definition) is 2. The minimum Gasteiger partial charge on any atom is -0.377 e. The predicted octanol–water partition coefficient (Wildman–Crippen LogP) is 2.10. The number of hydrogen-bond acceptors (Lipinski definition) is 3. The Bertz CT molecular complexity index is 483. The molecule has 2 heterocycles. The third-order valence-electron chi connectivity index (χ3n) is 4.28. The van der Waals surface area contributed by atoms with Crippen molar-refractivity contribution in [3.8, 4) is 0 Å². The zero-order valence-corrected chi connectivity index (χ0v) is 11.9. The SMILES string of the molecule is CC(NC1CCc2ccccc2NC1=O)C1CCCO1. The van der Waals surface area contributed by atoms with Gasteiger partial charge in [0, 0.05) is 18.3 Å². The Morgan fingerprint density at radius 1 is 1.35 bits per heavy atom. The highest BCUT2D eigenvalue weighted by Crippen LogP contribution is 2.22. The van der Waals surface area contributed by atoms with E-state index in [0.717, 1.165) is 38.0 Å². The van der Waals surface area contributed by atoms with Gasteiger partial charge in [-0.3, -0.25) is 4.79 Å². The standard InChI is InChI=1S/C16H22N2O2/c1-11(15-7-4-10-20-15)17-14-9-8-12-5-2-3-6-13(12)18-16(14)19/h2-3,5-6,11,14-15,17H,4,7-10H2,1H3,(H,18,19). The van der Waals surface area contributed by atoms with Gasteiger partial charge in [0.2, 0.25) is 5.91 Å². The van der Waals surface area contributed by atoms with Crippen molar-refractivity contribution < 1.29 is 9.53 Å². The molecule has 0 aromatic heterocycles. The first-order valence-corrected chi connectivity index (χ1v) is 7.50. The summed E-state index contributed by atoms with van der Waals surface area (Å²) in [5, 5.41) is 6.47. The Morgan fingerprint density at radius 2 is 2.20 bits per heavy atom. The Kier molecular flexibility index (Phi) is 4.03. The van der Waals surface area contributed by atoms with Crippen LogP contribution in [0.3, 0.4) is 0 Å². The number of carbonyl (C=O) groups excluding carboxylic acids is 1. The maximum absolute atomic E-state index is 12.3. The molecular weight excluding hydrogens is 252 g/mol. The number of rotatable bonds is 3. The van der Waals surface area contributed by atoms with E-state index in [-0.39, 0.29) is 24.1 Å². The van der Waals surface area contributed by atoms with Crippen LogP contribution < -0.4 is 10.6 Å². The lowest BCUT2D eigenvalue weighted by Gasteiger charge is -2.25. The van der Waals surface area contributed by atoms with Crippen molar-refractivity contribution >= 4 is 11.6 Å². The molecule has 0 radical (unpaired) electrons. The van der Waals surface area contributed by atoms with E-state index < -0.39 is 0 Å². The molecule has 20 heavy (non-hydrogen) atoms. The number of amides is 1. The minimum atomic E-state index is -0.137. The van der Waals surface area contributed by atoms with E-state index in [1.165, 1.54) is 5.56 Å². The van der Waals surface area contributed by atoms with Crippen LogP contribution in [0.25, 0.3) is 0 Å². The molecule has 2 aliphatic heterocycles. The van der Waals surface area contributed by atoms with Gasteiger partial charge < -0.3 is 15.4 Å². The second-order valence-corrected chi connectivity index (χ2v) is 5.74. The lowest BCUT2D eigenvalue weighted by atomic mass is 10.0. The number of fused-ring (bicyclic) bond motifs is 1. The van der Waals surface area contributed by atoms with E-state index in [2.05, 4.69) is 23.6 Å². The third-order valence-corrected chi connectivity index (χ3v) is 4.28. The molecule has 0 spiro atoms. The predicted molar refractivity (Wildman–Crippen MR) is 78.8 cm³/mol. The van der Waals surface area contributed by atoms with Crippen LogP contribution in [0, 0.1) is 0 Å². The molecule has 0 aliphatic carbocycles. The lowest BCUT2D eigenvalue weighted by Crippen LogP contribution is -2.48. The van der Waals surface area contributed by atoms with Crippen molar-refractivity contribution in [3.05, 3.63) is 29.8 Å². The van der Waals surface area contributed by atoms with Gasteiger partial charge in [-0.15, -0.1) is 0 Å². The van der Waals surface area contributed by atoms with Crippen LogP contribution in [0.2, 0.25) is 0 Å². The van der Waals surface area contributed by atoms with Crippen LogP contribution in [0.4, 0.5) is 5.69 Å². The minimum absolute atomic E-state index is 0.0693. The average molecular weight is 274 g/mol. The van der Waals surface area contributed by atoms with Crippen LogP contribution in [0.15, 0.2) is 24.3 Å². The zero-order chi connectivity index (χ0) is 13.9. The Morgan fingerprint density at radius 3 is 3.00 bits per heavy atom. The van der Waals surface area contributed by atoms with Crippen LogP contribution in [0.1, 0.15) is 31.7 Å². The Balaban J connectivity index is 1.65. The normalized spacial score (nSPS) is 27.6. The van der Waals surface area contributed by atoms with E-state index >= 15 is 0 Å². The molecule has 3 unspecified atom stereocenters. The zero-order valence-electron chi connectivity index (χ0n) is 11.9. The van der Waals surface area contributed by atoms with Crippen LogP contribution in [-0.2, 0) is 16.0 Å². The second kappa shape index (κ2) is 5.94. The molecule has 108 valence electrons. The average Bonchev–Trinajstić information content (AvgIpc) is 2.93. The lowest BCUT2D eigenvalue weighted by molar-refractivity contribution is -0.118. The van der Waals surface area contributed by atoms with Gasteiger partial charge in [0.15, 0.2) is 0 Å². The van der Waals surface area contributed by atoms with Gasteiger partial charge in [0.25, 0.3) is 0 Å². The molecule has 1 aromatic carbocycles. The topological polar surface area (TPSA) is 50.4 Å². The summed E-state index contributed by atoms with van der Waals surface area (Å²) < 4.78 is 5.69. The molecule has 3 rings (SSSR count). The Hall–Kier alpha value is -1.39. The van der Waals surface area contributed by atoms with Crippen molar-refractivity contribution in [2.24, 2.45) is 0 Å². The van der Waals surface area contributed by atoms with Gasteiger partial charge in [-0.05, 0) is 44.2 Å². The van der Waals surface area contributed by atoms with Crippen molar-refractivity contribution in [2.75, 3.05) is 11.9 Å². The van der Waals surface area contributed by atoms with Crippen molar-refractivity contribution in [1.82, 2.24) is 5.32 Å². The first kappa shape index (κ1) is 13.6. The van der Waals surface area contributed by atoms with Gasteiger partial charge in [-0.2, -0.15) is 0 Å². The van der Waals surface area contributed by atoms with Gasteiger partial charge in [-0.1, -0.05) is 18.2 Å². The quantitative estimate of drug-likeness (QED) is 0.887. The van der Waals surface area contributed by atoms with E-state index in [1.807, 2.05) is 18.2 Å². The number of carbonyl (C=O) groups is 1. The van der Waals surface area contributed by atoms with E-state index in [0.29, 0.717) is 0 Å². The molecule has 0 saturated carbocycles. The summed E-state index contributed by atoms with van der Waals surface area (Å²) in [4.78, 5) is 12.3. The van der Waals surface area contributed by atoms with E-state index in [1.54, 1.807) is 0 Å². The summed E-state index contributed by atoms with van der Waals surface area (Å²) in [6.45, 7) is 2.96. The van der Waals surface area contributed by atoms with Gasteiger partial charge in [0.05, 0.1) is 12.1 Å². The van der Waals surface area contributed by atoms with E-state index in [4.69, 9.17) is 4.74 Å². The smallest absolute Gasteiger partial charge is 0.241 e. The summed E-state index contributed by atoms with van der Waals surface area (Å²) in [6, 6.07) is 8.12. The molecule has 4 nitrogen and oxygen atoms in total. The number of ether oxygens (including phenoxy) is 1. The molecule has 0 bridgehead atoms. The van der Waals surface area contributed by atoms with E-state index in [9.17, 15) is 4.79 Å². The number of benzene rings is 1. The summed E-state index contributed by atoms with van der Waals surface area (Å²) >= 11 is 0. The maximum Gasteiger partial charge on any atom is 0.241 e. The second-order valence-electron chi connectivity index (χ2n) is 5.74. The molecular formula is C16H22N2O2. The highest BCUT2D eigenvalue weighted by molar-refractivity contribution is 5.96. The summed E-state index contributed by atoms with van der Waals surface area (Å²) in [5.41, 5.74) is 2.17. The van der Waals surface area contributed by atoms with Gasteiger partial charge in [-0.25, -0.2) is 0 Å². The molecule has 3 atom stereocenters. The van der Waals surface area contributed by atoms with Crippen LogP contribution >= 0.6 is 0 Å². The number of nitrogens with one attached hydrogen (secondary N) is 2. The summed E-state index contributed by atoms with van der Waals surface area (Å²) in [6.07, 6.45) is 4.21. The number of anilines is 1. The highest BCUT2D eigenvalue weighted by Gasteiger charge is 2.29. The summed E-state index contributed by atoms with van der Waals surface area (Å²) in [5.74, 6) is 0.0693. The molecule has 1 aromatic rings. The molecule has 2 N–H and O–H groups in total. The van der Waals surface area contributed by atoms with Crippen molar-refractivity contribution in [2.45, 2.75) is 50.8 Å². The fourth-order valence-electron chi connectivity index (χ4n) is 3.09. The summed E-state index contributed by atoms with van der Waals surface area (Å²) in [7, 11) is 0. The molecule has 4 heteroatoms. The van der Waals surface area contributed by atoms with Gasteiger partial charge >= 0.3 is 0 Å². The highest BCUT2D eigenvalue weighted by atomic mass is 16.5. The van der Waals surface area contributed by atoms with Crippen LogP contribution in [0.5, 0.6) is 0 Å². The fraction of sp³-hybridized carbons (Fsp3) is 0.562. The molecule has 1 amide bonds. The molecule has 2 aliphatic rings. The largest absolute Gasteiger partial charge is 0.377 e.